The maximum absolute atomic E-state index is 11.2. The van der Waals surface area contributed by atoms with E-state index in [1.165, 1.54) is 32.2 Å². The zero-order valence-corrected chi connectivity index (χ0v) is 12.2. The standard InChI is InChI=1S/C16H15NO5/c1-11(18)12-3-6-15(7-4-12)22-10-13-9-14(17(19)20)5-8-16(13)21-2/h3-9H,10H2,1-2H3. The van der Waals surface area contributed by atoms with Crippen LogP contribution in [0.15, 0.2) is 42.5 Å². The Morgan fingerprint density at radius 2 is 1.86 bits per heavy atom. The van der Waals surface area contributed by atoms with Crippen molar-refractivity contribution in [3.8, 4) is 11.5 Å². The first kappa shape index (κ1) is 15.5. The maximum Gasteiger partial charge on any atom is 0.270 e. The number of nitro groups is 1. The predicted octanol–water partition coefficient (Wildman–Crippen LogP) is 3.39. The van der Waals surface area contributed by atoms with Gasteiger partial charge in [0.15, 0.2) is 5.78 Å². The van der Waals surface area contributed by atoms with Crippen LogP contribution in [-0.4, -0.2) is 17.8 Å². The van der Waals surface area contributed by atoms with E-state index in [2.05, 4.69) is 0 Å². The molecule has 0 atom stereocenters. The number of non-ortho nitro benzene ring substituents is 1. The number of hydrogen-bond donors (Lipinski definition) is 0. The Hall–Kier alpha value is -2.89. The van der Waals surface area contributed by atoms with E-state index >= 15 is 0 Å². The fourth-order valence-electron chi connectivity index (χ4n) is 1.94. The van der Waals surface area contributed by atoms with E-state index < -0.39 is 4.92 Å². The summed E-state index contributed by atoms with van der Waals surface area (Å²) in [6.07, 6.45) is 0. The Bertz CT molecular complexity index is 694. The Morgan fingerprint density at radius 3 is 2.41 bits per heavy atom. The van der Waals surface area contributed by atoms with Gasteiger partial charge in [0.05, 0.1) is 12.0 Å². The van der Waals surface area contributed by atoms with Crippen LogP contribution in [-0.2, 0) is 6.61 Å². The molecule has 114 valence electrons. The van der Waals surface area contributed by atoms with Gasteiger partial charge in [-0.25, -0.2) is 0 Å². The Morgan fingerprint density at radius 1 is 1.18 bits per heavy atom. The highest BCUT2D eigenvalue weighted by Gasteiger charge is 2.12. The Kier molecular flexibility index (Phi) is 4.73. The summed E-state index contributed by atoms with van der Waals surface area (Å²) in [6, 6.07) is 11.0. The molecule has 0 radical (unpaired) electrons. The molecule has 0 aliphatic carbocycles. The summed E-state index contributed by atoms with van der Waals surface area (Å²) in [7, 11) is 1.49. The Balaban J connectivity index is 2.14. The van der Waals surface area contributed by atoms with E-state index in [0.29, 0.717) is 22.6 Å². The first-order chi connectivity index (χ1) is 10.5. The summed E-state index contributed by atoms with van der Waals surface area (Å²) < 4.78 is 10.8. The number of ketones is 1. The lowest BCUT2D eigenvalue weighted by atomic mass is 10.1. The van der Waals surface area contributed by atoms with E-state index in [-0.39, 0.29) is 18.1 Å². The molecular formula is C16H15NO5. The van der Waals surface area contributed by atoms with Crippen molar-refractivity contribution in [3.05, 3.63) is 63.7 Å². The third-order valence-corrected chi connectivity index (χ3v) is 3.13. The second-order valence-electron chi connectivity index (χ2n) is 4.62. The van der Waals surface area contributed by atoms with Crippen LogP contribution in [0.25, 0.3) is 0 Å². The summed E-state index contributed by atoms with van der Waals surface area (Å²) in [6.45, 7) is 1.62. The number of carbonyl (C=O) groups is 1. The highest BCUT2D eigenvalue weighted by atomic mass is 16.6. The van der Waals surface area contributed by atoms with Gasteiger partial charge in [0.25, 0.3) is 5.69 Å². The fraction of sp³-hybridized carbons (Fsp3) is 0.188. The van der Waals surface area contributed by atoms with Crippen LogP contribution in [0, 0.1) is 10.1 Å². The van der Waals surface area contributed by atoms with Crippen LogP contribution in [0.1, 0.15) is 22.8 Å². The lowest BCUT2D eigenvalue weighted by molar-refractivity contribution is -0.385. The van der Waals surface area contributed by atoms with Crippen LogP contribution in [0.2, 0.25) is 0 Å². The topological polar surface area (TPSA) is 78.7 Å². The first-order valence-corrected chi connectivity index (χ1v) is 6.56. The van der Waals surface area contributed by atoms with Gasteiger partial charge in [-0.2, -0.15) is 0 Å². The van der Waals surface area contributed by atoms with Gasteiger partial charge in [-0.15, -0.1) is 0 Å². The molecule has 0 saturated carbocycles. The van der Waals surface area contributed by atoms with Gasteiger partial charge in [-0.05, 0) is 37.3 Å². The summed E-state index contributed by atoms with van der Waals surface area (Å²) in [5.41, 5.74) is 1.15. The minimum absolute atomic E-state index is 0.0214. The van der Waals surface area contributed by atoms with E-state index in [1.807, 2.05) is 0 Å². The van der Waals surface area contributed by atoms with Crippen molar-refractivity contribution in [1.82, 2.24) is 0 Å². The summed E-state index contributed by atoms with van der Waals surface area (Å²) in [5.74, 6) is 1.07. The van der Waals surface area contributed by atoms with Gasteiger partial charge in [-0.3, -0.25) is 14.9 Å². The molecule has 0 aliphatic heterocycles. The number of nitrogens with zero attached hydrogens (tertiary/aromatic N) is 1. The van der Waals surface area contributed by atoms with E-state index in [9.17, 15) is 14.9 Å². The number of ether oxygens (including phenoxy) is 2. The molecule has 0 fully saturated rings. The number of rotatable bonds is 6. The van der Waals surface area contributed by atoms with Crippen LogP contribution in [0.5, 0.6) is 11.5 Å². The third-order valence-electron chi connectivity index (χ3n) is 3.13. The fourth-order valence-corrected chi connectivity index (χ4v) is 1.94. The lowest BCUT2D eigenvalue weighted by Crippen LogP contribution is -2.00. The van der Waals surface area contributed by atoms with Crippen molar-refractivity contribution in [2.24, 2.45) is 0 Å². The Labute approximate surface area is 127 Å². The van der Waals surface area contributed by atoms with E-state index in [1.54, 1.807) is 24.3 Å². The number of Topliss-reactive ketones (excluding diaryl/α,β-unsaturated/α-hetero) is 1. The number of carbonyl (C=O) groups excluding carboxylic acids is 1. The highest BCUT2D eigenvalue weighted by molar-refractivity contribution is 5.94. The van der Waals surface area contributed by atoms with Crippen molar-refractivity contribution in [1.29, 1.82) is 0 Å². The summed E-state index contributed by atoms with van der Waals surface area (Å²) >= 11 is 0. The monoisotopic (exact) mass is 301 g/mol. The molecule has 0 heterocycles. The first-order valence-electron chi connectivity index (χ1n) is 6.56. The smallest absolute Gasteiger partial charge is 0.270 e. The van der Waals surface area contributed by atoms with Crippen molar-refractivity contribution in [2.45, 2.75) is 13.5 Å². The largest absolute Gasteiger partial charge is 0.496 e. The van der Waals surface area contributed by atoms with Gasteiger partial charge < -0.3 is 9.47 Å². The lowest BCUT2D eigenvalue weighted by Gasteiger charge is -2.10. The average Bonchev–Trinajstić information content (AvgIpc) is 2.52. The van der Waals surface area contributed by atoms with Gasteiger partial charge >= 0.3 is 0 Å². The molecule has 0 bridgehead atoms. The van der Waals surface area contributed by atoms with Gasteiger partial charge in [0.1, 0.15) is 18.1 Å². The molecule has 0 N–H and O–H groups in total. The van der Waals surface area contributed by atoms with Crippen LogP contribution in [0.4, 0.5) is 5.69 Å². The molecule has 6 nitrogen and oxygen atoms in total. The molecule has 0 saturated heterocycles. The van der Waals surface area contributed by atoms with Gasteiger partial charge in [-0.1, -0.05) is 0 Å². The van der Waals surface area contributed by atoms with Crippen LogP contribution in [0.3, 0.4) is 0 Å². The molecule has 0 aromatic heterocycles. The van der Waals surface area contributed by atoms with Crippen molar-refractivity contribution in [3.63, 3.8) is 0 Å². The summed E-state index contributed by atoms with van der Waals surface area (Å²) in [5, 5.41) is 10.8. The maximum atomic E-state index is 11.2. The minimum atomic E-state index is -0.468. The van der Waals surface area contributed by atoms with E-state index in [0.717, 1.165) is 0 Å². The molecule has 0 unspecified atom stereocenters. The summed E-state index contributed by atoms with van der Waals surface area (Å²) in [4.78, 5) is 21.6. The minimum Gasteiger partial charge on any atom is -0.496 e. The van der Waals surface area contributed by atoms with E-state index in [4.69, 9.17) is 9.47 Å². The molecule has 6 heteroatoms. The molecule has 2 aromatic carbocycles. The normalized spacial score (nSPS) is 10.1. The van der Waals surface area contributed by atoms with Crippen LogP contribution < -0.4 is 9.47 Å². The van der Waals surface area contributed by atoms with Gasteiger partial charge in [0.2, 0.25) is 0 Å². The second kappa shape index (κ2) is 6.71. The van der Waals surface area contributed by atoms with Crippen LogP contribution >= 0.6 is 0 Å². The quantitative estimate of drug-likeness (QED) is 0.464. The molecule has 2 rings (SSSR count). The third kappa shape index (κ3) is 3.60. The number of hydrogen-bond acceptors (Lipinski definition) is 5. The zero-order valence-electron chi connectivity index (χ0n) is 12.2. The molecule has 2 aromatic rings. The van der Waals surface area contributed by atoms with Crippen molar-refractivity contribution < 1.29 is 19.2 Å². The number of benzene rings is 2. The molecule has 0 amide bonds. The second-order valence-corrected chi connectivity index (χ2v) is 4.62. The van der Waals surface area contributed by atoms with Crippen molar-refractivity contribution in [2.75, 3.05) is 7.11 Å². The number of nitro benzene ring substituents is 1. The zero-order chi connectivity index (χ0) is 16.1. The molecule has 22 heavy (non-hydrogen) atoms. The molecular weight excluding hydrogens is 286 g/mol. The molecule has 0 spiro atoms. The predicted molar refractivity (Wildman–Crippen MR) is 80.4 cm³/mol. The average molecular weight is 301 g/mol. The number of methoxy groups -OCH3 is 1. The van der Waals surface area contributed by atoms with Crippen molar-refractivity contribution >= 4 is 11.5 Å². The molecule has 0 aliphatic rings. The SMILES string of the molecule is COc1ccc([N+](=O)[O-])cc1COc1ccc(C(C)=O)cc1. The highest BCUT2D eigenvalue weighted by Crippen LogP contribution is 2.25. The van der Waals surface area contributed by atoms with Gasteiger partial charge in [0, 0.05) is 23.3 Å².